The fourth-order valence-electron chi connectivity index (χ4n) is 3.20. The van der Waals surface area contributed by atoms with Crippen LogP contribution in [0.15, 0.2) is 72.5 Å². The van der Waals surface area contributed by atoms with Crippen LogP contribution in [0.3, 0.4) is 0 Å². The van der Waals surface area contributed by atoms with Crippen molar-refractivity contribution in [3.05, 3.63) is 83.6 Å². The lowest BCUT2D eigenvalue weighted by molar-refractivity contribution is -0.170. The molecule has 0 aliphatic carbocycles. The number of hydroxylamine groups is 2. The molecule has 0 spiro atoms. The van der Waals surface area contributed by atoms with Gasteiger partial charge in [-0.25, -0.2) is 0 Å². The smallest absolute Gasteiger partial charge is 0.112 e. The topological polar surface area (TPSA) is 21.7 Å². The van der Waals surface area contributed by atoms with Crippen LogP contribution in [0.4, 0.5) is 0 Å². The first-order valence-corrected chi connectivity index (χ1v) is 11.1. The fraction of sp³-hybridized carbons (Fsp3) is 0.462. The first-order valence-electron chi connectivity index (χ1n) is 11.1. The molecule has 2 rings (SSSR count). The summed E-state index contributed by atoms with van der Waals surface area (Å²) in [6.07, 6.45) is 8.82. The summed E-state index contributed by atoms with van der Waals surface area (Å²) < 4.78 is 5.78. The van der Waals surface area contributed by atoms with Crippen molar-refractivity contribution in [1.82, 2.24) is 5.06 Å². The summed E-state index contributed by atoms with van der Waals surface area (Å²) in [5, 5.41) is 2.13. The van der Waals surface area contributed by atoms with Crippen LogP contribution in [0.5, 0.6) is 0 Å². The van der Waals surface area contributed by atoms with E-state index >= 15 is 0 Å². The molecule has 3 heteroatoms. The first kappa shape index (κ1) is 23.2. The summed E-state index contributed by atoms with van der Waals surface area (Å²) in [6.45, 7) is 7.69. The van der Waals surface area contributed by atoms with Crippen LogP contribution in [-0.2, 0) is 22.8 Å². The lowest BCUT2D eigenvalue weighted by Gasteiger charge is -2.21. The van der Waals surface area contributed by atoms with Gasteiger partial charge < -0.3 is 4.74 Å². The average Bonchev–Trinajstić information content (AvgIpc) is 2.77. The van der Waals surface area contributed by atoms with Crippen molar-refractivity contribution < 1.29 is 9.57 Å². The van der Waals surface area contributed by atoms with Gasteiger partial charge in [-0.05, 0) is 48.8 Å². The van der Waals surface area contributed by atoms with E-state index in [1.807, 2.05) is 18.4 Å². The number of ether oxygens (including phenoxy) is 1. The summed E-state index contributed by atoms with van der Waals surface area (Å²) in [5.74, 6) is 0. The molecule has 158 valence electrons. The van der Waals surface area contributed by atoms with Gasteiger partial charge in [0.2, 0.25) is 0 Å². The fourth-order valence-corrected chi connectivity index (χ4v) is 3.20. The van der Waals surface area contributed by atoms with E-state index in [1.165, 1.54) is 29.5 Å². The zero-order chi connectivity index (χ0) is 20.6. The summed E-state index contributed by atoms with van der Waals surface area (Å²) >= 11 is 0. The van der Waals surface area contributed by atoms with Gasteiger partial charge >= 0.3 is 0 Å². The Morgan fingerprint density at radius 1 is 0.793 bits per heavy atom. The lowest BCUT2D eigenvalue weighted by Crippen LogP contribution is -2.26. The highest BCUT2D eigenvalue weighted by Gasteiger charge is 2.05. The van der Waals surface area contributed by atoms with E-state index in [-0.39, 0.29) is 0 Å². The van der Waals surface area contributed by atoms with Crippen LogP contribution >= 0.6 is 0 Å². The number of nitrogens with zero attached hydrogens (tertiary/aromatic N) is 1. The second kappa shape index (κ2) is 14.8. The van der Waals surface area contributed by atoms with Gasteiger partial charge in [0.05, 0.1) is 12.9 Å². The molecule has 0 saturated heterocycles. The van der Waals surface area contributed by atoms with Crippen molar-refractivity contribution >= 4 is 0 Å². The highest BCUT2D eigenvalue weighted by atomic mass is 16.7. The van der Waals surface area contributed by atoms with Crippen molar-refractivity contribution in [2.75, 3.05) is 13.1 Å². The highest BCUT2D eigenvalue weighted by Crippen LogP contribution is 2.14. The van der Waals surface area contributed by atoms with E-state index in [0.29, 0.717) is 13.2 Å². The molecule has 0 amide bonds. The minimum Gasteiger partial charge on any atom is -0.497 e. The molecule has 0 bridgehead atoms. The maximum atomic E-state index is 6.01. The van der Waals surface area contributed by atoms with Gasteiger partial charge in [0, 0.05) is 13.1 Å². The van der Waals surface area contributed by atoms with Crippen LogP contribution in [0.2, 0.25) is 0 Å². The van der Waals surface area contributed by atoms with Gasteiger partial charge in [-0.2, -0.15) is 5.06 Å². The molecule has 29 heavy (non-hydrogen) atoms. The van der Waals surface area contributed by atoms with E-state index in [1.54, 1.807) is 0 Å². The molecule has 0 heterocycles. The van der Waals surface area contributed by atoms with Gasteiger partial charge in [0.1, 0.15) is 6.61 Å². The highest BCUT2D eigenvalue weighted by molar-refractivity contribution is 5.14. The predicted octanol–water partition coefficient (Wildman–Crippen LogP) is 6.90. The Balaban J connectivity index is 1.61. The second-order valence-corrected chi connectivity index (χ2v) is 7.42. The maximum Gasteiger partial charge on any atom is 0.112 e. The molecular formula is C26H37NO2. The SMILES string of the molecule is CCCN(CCCCC/C(=C\OCc1ccccc1)CC)OCc1ccccc1. The molecule has 0 aliphatic heterocycles. The Morgan fingerprint density at radius 3 is 2.07 bits per heavy atom. The minimum atomic E-state index is 0.648. The number of hydrogen-bond acceptors (Lipinski definition) is 3. The van der Waals surface area contributed by atoms with Crippen LogP contribution < -0.4 is 0 Å². The Morgan fingerprint density at radius 2 is 1.45 bits per heavy atom. The third kappa shape index (κ3) is 10.3. The van der Waals surface area contributed by atoms with Gasteiger partial charge in [-0.3, -0.25) is 4.84 Å². The molecule has 0 N–H and O–H groups in total. The van der Waals surface area contributed by atoms with Crippen LogP contribution in [-0.4, -0.2) is 18.2 Å². The third-order valence-electron chi connectivity index (χ3n) is 4.93. The first-order chi connectivity index (χ1) is 14.3. The third-order valence-corrected chi connectivity index (χ3v) is 4.93. The van der Waals surface area contributed by atoms with Crippen molar-refractivity contribution in [3.8, 4) is 0 Å². The summed E-state index contributed by atoms with van der Waals surface area (Å²) in [6, 6.07) is 20.7. The molecular weight excluding hydrogens is 358 g/mol. The van der Waals surface area contributed by atoms with Gasteiger partial charge in [-0.1, -0.05) is 80.9 Å². The van der Waals surface area contributed by atoms with E-state index < -0.39 is 0 Å². The van der Waals surface area contributed by atoms with E-state index in [4.69, 9.17) is 9.57 Å². The normalized spacial score (nSPS) is 11.8. The number of hydrogen-bond donors (Lipinski definition) is 0. The number of rotatable bonds is 15. The molecule has 0 atom stereocenters. The minimum absolute atomic E-state index is 0.648. The molecule has 0 radical (unpaired) electrons. The number of unbranched alkanes of at least 4 members (excludes halogenated alkanes) is 2. The van der Waals surface area contributed by atoms with Crippen molar-refractivity contribution in [2.45, 2.75) is 65.6 Å². The van der Waals surface area contributed by atoms with Gasteiger partial charge in [0.15, 0.2) is 0 Å². The van der Waals surface area contributed by atoms with Gasteiger partial charge in [0.25, 0.3) is 0 Å². The molecule has 0 fully saturated rings. The van der Waals surface area contributed by atoms with E-state index in [0.717, 1.165) is 38.8 Å². The monoisotopic (exact) mass is 395 g/mol. The molecule has 2 aromatic carbocycles. The number of allylic oxidation sites excluding steroid dienone is 1. The van der Waals surface area contributed by atoms with E-state index in [9.17, 15) is 0 Å². The Kier molecular flexibility index (Phi) is 11.9. The molecule has 0 unspecified atom stereocenters. The molecule has 2 aromatic rings. The van der Waals surface area contributed by atoms with Crippen molar-refractivity contribution in [1.29, 1.82) is 0 Å². The quantitative estimate of drug-likeness (QED) is 0.186. The van der Waals surface area contributed by atoms with Crippen molar-refractivity contribution in [2.24, 2.45) is 0 Å². The second-order valence-electron chi connectivity index (χ2n) is 7.42. The van der Waals surface area contributed by atoms with E-state index in [2.05, 4.69) is 67.4 Å². The van der Waals surface area contributed by atoms with Crippen LogP contribution in [0, 0.1) is 0 Å². The zero-order valence-electron chi connectivity index (χ0n) is 18.2. The van der Waals surface area contributed by atoms with Crippen LogP contribution in [0.1, 0.15) is 63.5 Å². The predicted molar refractivity (Wildman–Crippen MR) is 121 cm³/mol. The standard InChI is InChI=1S/C26H37NO2/c1-3-19-27(29-23-26-17-10-6-11-18-26)20-13-7-12-14-24(4-2)21-28-22-25-15-8-5-9-16-25/h5-6,8-11,15-18,21H,3-4,7,12-14,19-20,22-23H2,1-2H3/b24-21-. The summed E-state index contributed by atoms with van der Waals surface area (Å²) in [7, 11) is 0. The summed E-state index contributed by atoms with van der Waals surface area (Å²) in [5.41, 5.74) is 3.83. The van der Waals surface area contributed by atoms with Crippen molar-refractivity contribution in [3.63, 3.8) is 0 Å². The number of benzene rings is 2. The molecule has 3 nitrogen and oxygen atoms in total. The largest absolute Gasteiger partial charge is 0.497 e. The lowest BCUT2D eigenvalue weighted by atomic mass is 10.1. The summed E-state index contributed by atoms with van der Waals surface area (Å²) in [4.78, 5) is 6.01. The molecule has 0 aromatic heterocycles. The Labute approximate surface area is 177 Å². The Bertz CT molecular complexity index is 670. The van der Waals surface area contributed by atoms with Gasteiger partial charge in [-0.15, -0.1) is 0 Å². The molecule has 0 saturated carbocycles. The average molecular weight is 396 g/mol. The Hall–Kier alpha value is -2.10. The van der Waals surface area contributed by atoms with Crippen LogP contribution in [0.25, 0.3) is 0 Å². The maximum absolute atomic E-state index is 6.01. The molecule has 0 aliphatic rings. The zero-order valence-corrected chi connectivity index (χ0v) is 18.2.